The molecule has 0 spiro atoms. The number of hydrogen-bond acceptors (Lipinski definition) is 3. The Balaban J connectivity index is 3.31. The second kappa shape index (κ2) is 4.15. The van der Waals surface area contributed by atoms with Crippen LogP contribution in [0.3, 0.4) is 0 Å². The summed E-state index contributed by atoms with van der Waals surface area (Å²) in [5.41, 5.74) is 7.38. The molecule has 0 amide bonds. The lowest BCUT2D eigenvalue weighted by Crippen LogP contribution is -2.09. The molecule has 1 aromatic rings. The third kappa shape index (κ3) is 1.72. The van der Waals surface area contributed by atoms with Crippen LogP contribution in [0, 0.1) is 6.92 Å². The summed E-state index contributed by atoms with van der Waals surface area (Å²) >= 11 is 0. The molecule has 0 aromatic heterocycles. The van der Waals surface area contributed by atoms with Gasteiger partial charge in [-0.2, -0.15) is 0 Å². The molecule has 0 unspecified atom stereocenters. The Morgan fingerprint density at radius 1 is 1.57 bits per heavy atom. The van der Waals surface area contributed by atoms with Crippen molar-refractivity contribution in [1.29, 1.82) is 0 Å². The zero-order valence-electron chi connectivity index (χ0n) is 8.45. The molecule has 0 radical (unpaired) electrons. The van der Waals surface area contributed by atoms with E-state index in [0.29, 0.717) is 11.3 Å². The van der Waals surface area contributed by atoms with Gasteiger partial charge in [-0.3, -0.25) is 0 Å². The average Bonchev–Trinajstić information content (AvgIpc) is 2.18. The van der Waals surface area contributed by atoms with Crippen molar-refractivity contribution in [2.24, 2.45) is 5.73 Å². The Kier molecular flexibility index (Phi) is 3.14. The summed E-state index contributed by atoms with van der Waals surface area (Å²) in [7, 11) is 1.51. The minimum atomic E-state index is -0.370. The molecule has 1 aromatic carbocycles. The second-order valence-corrected chi connectivity index (χ2v) is 3.11. The predicted molar refractivity (Wildman–Crippen MR) is 56.5 cm³/mol. The SMILES string of the molecule is C=C[C@H](N)c1c(C)ccc(OC)c1O. The topological polar surface area (TPSA) is 55.5 Å². The fraction of sp³-hybridized carbons (Fsp3) is 0.273. The molecule has 3 N–H and O–H groups in total. The number of aromatic hydroxyl groups is 1. The highest BCUT2D eigenvalue weighted by atomic mass is 16.5. The Bertz CT molecular complexity index is 347. The van der Waals surface area contributed by atoms with Gasteiger partial charge in [0.2, 0.25) is 0 Å². The van der Waals surface area contributed by atoms with Crippen LogP contribution in [0.5, 0.6) is 11.5 Å². The molecule has 14 heavy (non-hydrogen) atoms. The first-order valence-corrected chi connectivity index (χ1v) is 4.36. The van der Waals surface area contributed by atoms with Crippen molar-refractivity contribution in [1.82, 2.24) is 0 Å². The minimum absolute atomic E-state index is 0.0971. The smallest absolute Gasteiger partial charge is 0.163 e. The maximum Gasteiger partial charge on any atom is 0.163 e. The van der Waals surface area contributed by atoms with Crippen LogP contribution < -0.4 is 10.5 Å². The molecular formula is C11H15NO2. The maximum absolute atomic E-state index is 9.82. The first kappa shape index (κ1) is 10.6. The number of phenolic OH excluding ortho intramolecular Hbond substituents is 1. The second-order valence-electron chi connectivity index (χ2n) is 3.11. The van der Waals surface area contributed by atoms with Crippen LogP contribution in [-0.2, 0) is 0 Å². The van der Waals surface area contributed by atoms with Gasteiger partial charge in [0, 0.05) is 5.56 Å². The van der Waals surface area contributed by atoms with E-state index in [4.69, 9.17) is 10.5 Å². The summed E-state index contributed by atoms with van der Waals surface area (Å²) in [6.07, 6.45) is 1.58. The average molecular weight is 193 g/mol. The van der Waals surface area contributed by atoms with Crippen molar-refractivity contribution in [2.75, 3.05) is 7.11 Å². The van der Waals surface area contributed by atoms with Crippen LogP contribution in [0.4, 0.5) is 0 Å². The number of aryl methyl sites for hydroxylation is 1. The van der Waals surface area contributed by atoms with E-state index in [9.17, 15) is 5.11 Å². The molecule has 1 atom stereocenters. The van der Waals surface area contributed by atoms with Gasteiger partial charge >= 0.3 is 0 Å². The van der Waals surface area contributed by atoms with Crippen LogP contribution >= 0.6 is 0 Å². The van der Waals surface area contributed by atoms with Crippen molar-refractivity contribution in [2.45, 2.75) is 13.0 Å². The fourth-order valence-electron chi connectivity index (χ4n) is 1.39. The van der Waals surface area contributed by atoms with Crippen LogP contribution in [0.15, 0.2) is 24.8 Å². The number of nitrogens with two attached hydrogens (primary N) is 1. The van der Waals surface area contributed by atoms with Gasteiger partial charge in [0.25, 0.3) is 0 Å². The molecule has 3 heteroatoms. The van der Waals surface area contributed by atoms with Gasteiger partial charge in [-0.1, -0.05) is 12.1 Å². The minimum Gasteiger partial charge on any atom is -0.504 e. The monoisotopic (exact) mass is 193 g/mol. The van der Waals surface area contributed by atoms with Crippen molar-refractivity contribution in [3.63, 3.8) is 0 Å². The molecule has 0 saturated heterocycles. The Morgan fingerprint density at radius 2 is 2.21 bits per heavy atom. The first-order valence-electron chi connectivity index (χ1n) is 4.36. The van der Waals surface area contributed by atoms with Crippen LogP contribution in [-0.4, -0.2) is 12.2 Å². The molecule has 0 aliphatic rings. The van der Waals surface area contributed by atoms with Crippen molar-refractivity contribution >= 4 is 0 Å². The van der Waals surface area contributed by atoms with Gasteiger partial charge in [-0.15, -0.1) is 6.58 Å². The van der Waals surface area contributed by atoms with Crippen LogP contribution in [0.25, 0.3) is 0 Å². The highest BCUT2D eigenvalue weighted by molar-refractivity contribution is 5.51. The van der Waals surface area contributed by atoms with E-state index in [2.05, 4.69) is 6.58 Å². The third-order valence-electron chi connectivity index (χ3n) is 2.21. The van der Waals surface area contributed by atoms with E-state index in [1.165, 1.54) is 7.11 Å². The number of rotatable bonds is 3. The van der Waals surface area contributed by atoms with Crippen LogP contribution in [0.1, 0.15) is 17.2 Å². The van der Waals surface area contributed by atoms with E-state index in [-0.39, 0.29) is 11.8 Å². The zero-order valence-corrected chi connectivity index (χ0v) is 8.45. The molecule has 0 heterocycles. The van der Waals surface area contributed by atoms with Gasteiger partial charge in [0.15, 0.2) is 11.5 Å². The van der Waals surface area contributed by atoms with Gasteiger partial charge in [0.05, 0.1) is 13.2 Å². The number of phenols is 1. The maximum atomic E-state index is 9.82. The number of methoxy groups -OCH3 is 1. The lowest BCUT2D eigenvalue weighted by molar-refractivity contribution is 0.369. The van der Waals surface area contributed by atoms with Crippen molar-refractivity contribution in [3.8, 4) is 11.5 Å². The van der Waals surface area contributed by atoms with Gasteiger partial charge < -0.3 is 15.6 Å². The van der Waals surface area contributed by atoms with Gasteiger partial charge in [0.1, 0.15) is 0 Å². The lowest BCUT2D eigenvalue weighted by atomic mass is 10.0. The summed E-state index contributed by atoms with van der Waals surface area (Å²) in [6.45, 7) is 5.48. The quantitative estimate of drug-likeness (QED) is 0.721. The predicted octanol–water partition coefficient (Wildman–Crippen LogP) is 1.90. The molecule has 76 valence electrons. The summed E-state index contributed by atoms with van der Waals surface area (Å²) in [4.78, 5) is 0. The molecule has 0 bridgehead atoms. The summed E-state index contributed by atoms with van der Waals surface area (Å²) in [6, 6.07) is 3.20. The van der Waals surface area contributed by atoms with Gasteiger partial charge in [-0.25, -0.2) is 0 Å². The van der Waals surface area contributed by atoms with E-state index >= 15 is 0 Å². The lowest BCUT2D eigenvalue weighted by Gasteiger charge is -2.14. The molecule has 1 rings (SSSR count). The van der Waals surface area contributed by atoms with E-state index in [0.717, 1.165) is 5.56 Å². The molecule has 0 fully saturated rings. The highest BCUT2D eigenvalue weighted by Crippen LogP contribution is 2.35. The van der Waals surface area contributed by atoms with Crippen molar-refractivity contribution in [3.05, 3.63) is 35.9 Å². The van der Waals surface area contributed by atoms with E-state index in [1.54, 1.807) is 12.1 Å². The molecule has 0 saturated carbocycles. The standard InChI is InChI=1S/C11H15NO2/c1-4-8(12)10-7(2)5-6-9(14-3)11(10)13/h4-6,8,13H,1,12H2,2-3H3/t8-/m0/s1. The molecule has 3 nitrogen and oxygen atoms in total. The first-order chi connectivity index (χ1) is 6.61. The summed E-state index contributed by atoms with van der Waals surface area (Å²) < 4.78 is 5.00. The molecular weight excluding hydrogens is 178 g/mol. The normalized spacial score (nSPS) is 12.2. The van der Waals surface area contributed by atoms with Crippen molar-refractivity contribution < 1.29 is 9.84 Å². The molecule has 0 aliphatic heterocycles. The number of hydrogen-bond donors (Lipinski definition) is 2. The van der Waals surface area contributed by atoms with E-state index < -0.39 is 0 Å². The van der Waals surface area contributed by atoms with Gasteiger partial charge in [-0.05, 0) is 18.6 Å². The number of ether oxygens (including phenoxy) is 1. The zero-order chi connectivity index (χ0) is 10.7. The molecule has 0 aliphatic carbocycles. The number of benzene rings is 1. The fourth-order valence-corrected chi connectivity index (χ4v) is 1.39. The Hall–Kier alpha value is -1.48. The van der Waals surface area contributed by atoms with Crippen LogP contribution in [0.2, 0.25) is 0 Å². The summed E-state index contributed by atoms with van der Waals surface area (Å²) in [5.74, 6) is 0.530. The summed E-state index contributed by atoms with van der Waals surface area (Å²) in [5, 5.41) is 9.82. The Morgan fingerprint density at radius 3 is 2.71 bits per heavy atom. The van der Waals surface area contributed by atoms with E-state index in [1.807, 2.05) is 13.0 Å². The third-order valence-corrected chi connectivity index (χ3v) is 2.21. The Labute approximate surface area is 83.8 Å². The highest BCUT2D eigenvalue weighted by Gasteiger charge is 2.14. The largest absolute Gasteiger partial charge is 0.504 e.